The quantitative estimate of drug-likeness (QED) is 0.861. The third-order valence-corrected chi connectivity index (χ3v) is 4.95. The highest BCUT2D eigenvalue weighted by atomic mass is 79.9. The Labute approximate surface area is 126 Å². The number of aryl methyl sites for hydroxylation is 1. The first-order chi connectivity index (χ1) is 9.42. The summed E-state index contributed by atoms with van der Waals surface area (Å²) in [6.07, 6.45) is 0. The summed E-state index contributed by atoms with van der Waals surface area (Å²) in [5.74, 6) is 0.551. The van der Waals surface area contributed by atoms with Crippen molar-refractivity contribution in [1.29, 1.82) is 0 Å². The molecule has 0 atom stereocenters. The van der Waals surface area contributed by atoms with Crippen molar-refractivity contribution < 1.29 is 12.8 Å². The zero-order valence-electron chi connectivity index (χ0n) is 11.1. The number of nitrogens with one attached hydrogen (secondary N) is 2. The standard InChI is InChI=1S/C13H15BrN2O3S/c1-9-3-4-10(7-12(9)14)16-8-11-5-6-13(19-11)20(17,18)15-2/h3-7,15-16H,8H2,1-2H3. The summed E-state index contributed by atoms with van der Waals surface area (Å²) in [6, 6.07) is 8.98. The molecule has 2 aromatic rings. The molecule has 2 N–H and O–H groups in total. The van der Waals surface area contributed by atoms with Crippen LogP contribution in [0.25, 0.3) is 0 Å². The molecule has 0 aliphatic heterocycles. The normalized spacial score (nSPS) is 11.6. The summed E-state index contributed by atoms with van der Waals surface area (Å²) in [5.41, 5.74) is 2.08. The van der Waals surface area contributed by atoms with Crippen molar-refractivity contribution in [3.63, 3.8) is 0 Å². The van der Waals surface area contributed by atoms with E-state index in [0.717, 1.165) is 15.7 Å². The molecule has 0 saturated carbocycles. The first-order valence-electron chi connectivity index (χ1n) is 5.94. The van der Waals surface area contributed by atoms with Crippen molar-refractivity contribution >= 4 is 31.6 Å². The fraction of sp³-hybridized carbons (Fsp3) is 0.231. The van der Waals surface area contributed by atoms with Gasteiger partial charge in [0.2, 0.25) is 5.09 Å². The maximum atomic E-state index is 11.5. The number of furan rings is 1. The van der Waals surface area contributed by atoms with Gasteiger partial charge < -0.3 is 9.73 Å². The van der Waals surface area contributed by atoms with Crippen molar-refractivity contribution in [2.75, 3.05) is 12.4 Å². The zero-order chi connectivity index (χ0) is 14.8. The van der Waals surface area contributed by atoms with Gasteiger partial charge in [0, 0.05) is 10.2 Å². The molecule has 0 radical (unpaired) electrons. The van der Waals surface area contributed by atoms with E-state index in [9.17, 15) is 8.42 Å². The lowest BCUT2D eigenvalue weighted by atomic mass is 10.2. The van der Waals surface area contributed by atoms with Gasteiger partial charge in [0.25, 0.3) is 10.0 Å². The predicted octanol–water partition coefficient (Wildman–Crippen LogP) is 2.87. The van der Waals surface area contributed by atoms with Gasteiger partial charge in [0.05, 0.1) is 6.54 Å². The van der Waals surface area contributed by atoms with Crippen LogP contribution in [0, 0.1) is 6.92 Å². The molecule has 0 saturated heterocycles. The molecule has 0 aliphatic carbocycles. The predicted molar refractivity (Wildman–Crippen MR) is 81.2 cm³/mol. The fourth-order valence-corrected chi connectivity index (χ4v) is 2.63. The van der Waals surface area contributed by atoms with Crippen molar-refractivity contribution in [2.45, 2.75) is 18.6 Å². The minimum atomic E-state index is -3.52. The molecular formula is C13H15BrN2O3S. The molecule has 2 rings (SSSR count). The van der Waals surface area contributed by atoms with E-state index in [0.29, 0.717) is 12.3 Å². The van der Waals surface area contributed by atoms with Gasteiger partial charge in [-0.2, -0.15) is 0 Å². The summed E-state index contributed by atoms with van der Waals surface area (Å²) >= 11 is 3.46. The van der Waals surface area contributed by atoms with Gasteiger partial charge >= 0.3 is 0 Å². The van der Waals surface area contributed by atoms with E-state index in [1.54, 1.807) is 6.07 Å². The largest absolute Gasteiger partial charge is 0.446 e. The average Bonchev–Trinajstić information content (AvgIpc) is 2.90. The Morgan fingerprint density at radius 3 is 2.65 bits per heavy atom. The molecule has 0 unspecified atom stereocenters. The molecule has 1 aromatic carbocycles. The first-order valence-corrected chi connectivity index (χ1v) is 8.22. The third-order valence-electron chi connectivity index (χ3n) is 2.81. The van der Waals surface area contributed by atoms with E-state index >= 15 is 0 Å². The van der Waals surface area contributed by atoms with Gasteiger partial charge in [-0.3, -0.25) is 0 Å². The van der Waals surface area contributed by atoms with E-state index in [2.05, 4.69) is 26.0 Å². The van der Waals surface area contributed by atoms with Crippen LogP contribution >= 0.6 is 15.9 Å². The lowest BCUT2D eigenvalue weighted by molar-refractivity contribution is 0.417. The van der Waals surface area contributed by atoms with Gasteiger partial charge in [0.1, 0.15) is 5.76 Å². The van der Waals surface area contributed by atoms with Crippen LogP contribution in [0.5, 0.6) is 0 Å². The Morgan fingerprint density at radius 1 is 1.25 bits per heavy atom. The molecule has 20 heavy (non-hydrogen) atoms. The van der Waals surface area contributed by atoms with E-state index in [1.165, 1.54) is 13.1 Å². The molecule has 0 fully saturated rings. The van der Waals surface area contributed by atoms with Gasteiger partial charge in [-0.1, -0.05) is 22.0 Å². The Morgan fingerprint density at radius 2 is 2.00 bits per heavy atom. The Hall–Kier alpha value is -1.31. The minimum absolute atomic E-state index is 0.0816. The van der Waals surface area contributed by atoms with Crippen LogP contribution in [-0.4, -0.2) is 15.5 Å². The molecular weight excluding hydrogens is 344 g/mol. The minimum Gasteiger partial charge on any atom is -0.446 e. The summed E-state index contributed by atoms with van der Waals surface area (Å²) in [7, 11) is -2.18. The van der Waals surface area contributed by atoms with Crippen molar-refractivity contribution in [1.82, 2.24) is 4.72 Å². The Bertz CT molecular complexity index is 710. The highest BCUT2D eigenvalue weighted by Crippen LogP contribution is 2.21. The summed E-state index contributed by atoms with van der Waals surface area (Å²) in [5, 5.41) is 3.09. The molecule has 5 nitrogen and oxygen atoms in total. The number of sulfonamides is 1. The number of halogens is 1. The average molecular weight is 359 g/mol. The maximum Gasteiger partial charge on any atom is 0.273 e. The van der Waals surface area contributed by atoms with E-state index in [-0.39, 0.29) is 5.09 Å². The molecule has 1 aromatic heterocycles. The number of hydrogen-bond acceptors (Lipinski definition) is 4. The molecule has 0 bridgehead atoms. The monoisotopic (exact) mass is 358 g/mol. The molecule has 0 amide bonds. The lowest BCUT2D eigenvalue weighted by Crippen LogP contribution is -2.17. The van der Waals surface area contributed by atoms with Gasteiger partial charge in [-0.15, -0.1) is 0 Å². The third kappa shape index (κ3) is 3.41. The van der Waals surface area contributed by atoms with Crippen LogP contribution in [0.2, 0.25) is 0 Å². The van der Waals surface area contributed by atoms with E-state index < -0.39 is 10.0 Å². The molecule has 7 heteroatoms. The summed E-state index contributed by atoms with van der Waals surface area (Å²) in [4.78, 5) is 0. The van der Waals surface area contributed by atoms with Crippen LogP contribution in [0.3, 0.4) is 0 Å². The molecule has 0 spiro atoms. The van der Waals surface area contributed by atoms with Crippen LogP contribution in [0.1, 0.15) is 11.3 Å². The SMILES string of the molecule is CNS(=O)(=O)c1ccc(CNc2ccc(C)c(Br)c2)o1. The number of anilines is 1. The number of hydrogen-bond donors (Lipinski definition) is 2. The van der Waals surface area contributed by atoms with Gasteiger partial charge in [-0.05, 0) is 43.8 Å². The van der Waals surface area contributed by atoms with E-state index in [4.69, 9.17) is 4.42 Å². The summed E-state index contributed by atoms with van der Waals surface area (Å²) < 4.78 is 31.6. The van der Waals surface area contributed by atoms with Crippen LogP contribution < -0.4 is 10.0 Å². The van der Waals surface area contributed by atoms with Gasteiger partial charge in [-0.25, -0.2) is 13.1 Å². The molecule has 108 valence electrons. The molecule has 1 heterocycles. The van der Waals surface area contributed by atoms with E-state index in [1.807, 2.05) is 25.1 Å². The fourth-order valence-electron chi connectivity index (χ4n) is 1.59. The Kier molecular flexibility index (Phi) is 4.52. The zero-order valence-corrected chi connectivity index (χ0v) is 13.5. The highest BCUT2D eigenvalue weighted by Gasteiger charge is 2.16. The second-order valence-electron chi connectivity index (χ2n) is 4.25. The summed E-state index contributed by atoms with van der Waals surface area (Å²) in [6.45, 7) is 2.42. The van der Waals surface area contributed by atoms with Crippen molar-refractivity contribution in [2.24, 2.45) is 0 Å². The second-order valence-corrected chi connectivity index (χ2v) is 6.92. The van der Waals surface area contributed by atoms with Crippen LogP contribution in [0.4, 0.5) is 5.69 Å². The number of rotatable bonds is 5. The number of benzene rings is 1. The van der Waals surface area contributed by atoms with Crippen molar-refractivity contribution in [3.8, 4) is 0 Å². The van der Waals surface area contributed by atoms with Gasteiger partial charge in [0.15, 0.2) is 0 Å². The van der Waals surface area contributed by atoms with Crippen molar-refractivity contribution in [3.05, 3.63) is 46.1 Å². The lowest BCUT2D eigenvalue weighted by Gasteiger charge is -2.06. The smallest absolute Gasteiger partial charge is 0.273 e. The van der Waals surface area contributed by atoms with Crippen LogP contribution in [0.15, 0.2) is 44.3 Å². The highest BCUT2D eigenvalue weighted by molar-refractivity contribution is 9.10. The first kappa shape index (κ1) is 15.1. The van der Waals surface area contributed by atoms with Crippen LogP contribution in [-0.2, 0) is 16.6 Å². The Balaban J connectivity index is 2.06. The second kappa shape index (κ2) is 5.99. The maximum absolute atomic E-state index is 11.5. The molecule has 0 aliphatic rings. The topological polar surface area (TPSA) is 71.3 Å².